The van der Waals surface area contributed by atoms with Gasteiger partial charge in [0.15, 0.2) is 12.4 Å². The first-order valence-electron chi connectivity index (χ1n) is 3.32. The summed E-state index contributed by atoms with van der Waals surface area (Å²) in [5.74, 6) is -1.76. The van der Waals surface area contributed by atoms with Crippen molar-refractivity contribution in [1.82, 2.24) is 0 Å². The number of carbonyl (C=O) groups excluding carboxylic acids is 1. The third-order valence-corrected chi connectivity index (χ3v) is 1.42. The predicted octanol–water partition coefficient (Wildman–Crippen LogP) is -6.17. The van der Waals surface area contributed by atoms with Crippen LogP contribution >= 0.6 is 0 Å². The molecule has 0 saturated heterocycles. The Morgan fingerprint density at radius 3 is 1.86 bits per heavy atom. The van der Waals surface area contributed by atoms with E-state index < -0.39 is 30.4 Å². The zero-order valence-electron chi connectivity index (χ0n) is 8.44. The summed E-state index contributed by atoms with van der Waals surface area (Å²) in [5, 5.41) is 43.2. The zero-order chi connectivity index (χ0) is 10.6. The quantitative estimate of drug-likeness (QED) is 0.229. The summed E-state index contributed by atoms with van der Waals surface area (Å²) in [6, 6.07) is 0. The van der Waals surface area contributed by atoms with Crippen LogP contribution in [0.2, 0.25) is 0 Å². The number of carboxylic acids is 1. The first kappa shape index (κ1) is 16.4. The van der Waals surface area contributed by atoms with Crippen molar-refractivity contribution in [3.05, 3.63) is 0 Å². The summed E-state index contributed by atoms with van der Waals surface area (Å²) in [7, 11) is 0. The van der Waals surface area contributed by atoms with Gasteiger partial charge in [0.2, 0.25) is 0 Å². The fourth-order valence-corrected chi connectivity index (χ4v) is 0.615. The molecule has 0 aliphatic carbocycles. The van der Waals surface area contributed by atoms with E-state index in [0.29, 0.717) is 0 Å². The molecular weight excluding hydrogens is 207 g/mol. The fourth-order valence-electron chi connectivity index (χ4n) is 0.615. The number of aliphatic carboxylic acids is 1. The number of hydrogen-bond acceptors (Lipinski definition) is 6. The second-order valence-corrected chi connectivity index (χ2v) is 2.39. The van der Waals surface area contributed by atoms with Crippen LogP contribution in [0.4, 0.5) is 0 Å². The molecule has 5 N–H and O–H groups in total. The van der Waals surface area contributed by atoms with E-state index in [2.05, 4.69) is 0 Å². The fraction of sp³-hybridized carbons (Fsp3) is 0.667. The minimum Gasteiger partial charge on any atom is -1.00 e. The largest absolute Gasteiger partial charge is 1.00 e. The molecular formula is C6H11NaO7. The number of carbonyl (C=O) groups is 2. The summed E-state index contributed by atoms with van der Waals surface area (Å²) in [6.07, 6.45) is -8.39. The standard InChI is InChI=1S/C6H10O7.Na.H/c7-1-2(8)3(9)4(10)5(11)6(12)13;;/h1-5,8-11H,(H,12,13);;/q;+1;-1/t2-,3-,4+,5+;;/m1../s1. The van der Waals surface area contributed by atoms with Crippen molar-refractivity contribution < 1.29 is 66.1 Å². The average molecular weight is 218 g/mol. The molecule has 0 bridgehead atoms. The number of aliphatic hydroxyl groups excluding tert-OH is 4. The second-order valence-electron chi connectivity index (χ2n) is 2.39. The Kier molecular flexibility index (Phi) is 8.55. The van der Waals surface area contributed by atoms with Gasteiger partial charge < -0.3 is 31.8 Å². The van der Waals surface area contributed by atoms with Gasteiger partial charge in [-0.25, -0.2) is 4.79 Å². The molecule has 7 nitrogen and oxygen atoms in total. The Morgan fingerprint density at radius 2 is 1.57 bits per heavy atom. The van der Waals surface area contributed by atoms with Gasteiger partial charge in [-0.2, -0.15) is 0 Å². The number of aldehydes is 1. The van der Waals surface area contributed by atoms with Crippen LogP contribution in [0.15, 0.2) is 0 Å². The normalized spacial score (nSPS) is 18.6. The molecule has 0 fully saturated rings. The molecule has 4 atom stereocenters. The van der Waals surface area contributed by atoms with Gasteiger partial charge in [0.25, 0.3) is 0 Å². The molecule has 0 aliphatic rings. The van der Waals surface area contributed by atoms with Gasteiger partial charge in [0.05, 0.1) is 0 Å². The van der Waals surface area contributed by atoms with E-state index >= 15 is 0 Å². The molecule has 0 aliphatic heterocycles. The minimum atomic E-state index is -2.25. The summed E-state index contributed by atoms with van der Waals surface area (Å²) < 4.78 is 0. The molecule has 0 aromatic carbocycles. The van der Waals surface area contributed by atoms with Gasteiger partial charge in [-0.15, -0.1) is 0 Å². The number of hydrogen-bond donors (Lipinski definition) is 5. The van der Waals surface area contributed by atoms with Crippen LogP contribution < -0.4 is 29.6 Å². The van der Waals surface area contributed by atoms with Crippen LogP contribution in [0, 0.1) is 0 Å². The third-order valence-electron chi connectivity index (χ3n) is 1.42. The van der Waals surface area contributed by atoms with Gasteiger partial charge in [-0.3, -0.25) is 0 Å². The maximum Gasteiger partial charge on any atom is 1.00 e. The number of carboxylic acid groups (broad SMARTS) is 1. The number of aliphatic hydroxyl groups is 4. The monoisotopic (exact) mass is 218 g/mol. The van der Waals surface area contributed by atoms with Crippen LogP contribution in [0.25, 0.3) is 0 Å². The zero-order valence-corrected chi connectivity index (χ0v) is 9.44. The molecule has 78 valence electrons. The van der Waals surface area contributed by atoms with E-state index in [-0.39, 0.29) is 37.3 Å². The smallest absolute Gasteiger partial charge is 1.00 e. The molecule has 0 saturated carbocycles. The Balaban J connectivity index is -0.000000720. The SMILES string of the molecule is O=C[C@@H](O)[C@@H](O)[C@H](O)[C@H](O)C(=O)O.[H-].[Na+]. The Bertz CT molecular complexity index is 202. The Morgan fingerprint density at radius 1 is 1.14 bits per heavy atom. The Hall–Kier alpha value is -0.0200. The summed E-state index contributed by atoms with van der Waals surface area (Å²) >= 11 is 0. The van der Waals surface area contributed by atoms with Crippen LogP contribution in [0.1, 0.15) is 1.43 Å². The topological polar surface area (TPSA) is 135 Å². The maximum atomic E-state index is 10.1. The number of rotatable bonds is 5. The van der Waals surface area contributed by atoms with Gasteiger partial charge in [-0.1, -0.05) is 0 Å². The van der Waals surface area contributed by atoms with Crippen molar-refractivity contribution in [3.8, 4) is 0 Å². The van der Waals surface area contributed by atoms with E-state index in [1.165, 1.54) is 0 Å². The van der Waals surface area contributed by atoms with Crippen LogP contribution in [-0.2, 0) is 9.59 Å². The van der Waals surface area contributed by atoms with Crippen LogP contribution in [0.3, 0.4) is 0 Å². The molecule has 0 unspecified atom stereocenters. The molecule has 0 radical (unpaired) electrons. The van der Waals surface area contributed by atoms with Crippen molar-refractivity contribution in [3.63, 3.8) is 0 Å². The maximum absolute atomic E-state index is 10.1. The summed E-state index contributed by atoms with van der Waals surface area (Å²) in [4.78, 5) is 20.0. The first-order chi connectivity index (χ1) is 5.91. The third kappa shape index (κ3) is 4.47. The van der Waals surface area contributed by atoms with Crippen molar-refractivity contribution in [2.45, 2.75) is 24.4 Å². The molecule has 14 heavy (non-hydrogen) atoms. The van der Waals surface area contributed by atoms with E-state index in [4.69, 9.17) is 25.5 Å². The Labute approximate surface area is 103 Å². The van der Waals surface area contributed by atoms with Crippen LogP contribution in [0.5, 0.6) is 0 Å². The molecule has 8 heteroatoms. The van der Waals surface area contributed by atoms with Crippen molar-refractivity contribution in [2.75, 3.05) is 0 Å². The van der Waals surface area contributed by atoms with E-state index in [1.54, 1.807) is 0 Å². The minimum absolute atomic E-state index is 0. The van der Waals surface area contributed by atoms with Crippen LogP contribution in [-0.4, -0.2) is 62.2 Å². The average Bonchev–Trinajstić information content (AvgIpc) is 2.12. The molecule has 0 aromatic rings. The molecule has 0 amide bonds. The molecule has 0 aromatic heterocycles. The van der Waals surface area contributed by atoms with E-state index in [1.807, 2.05) is 0 Å². The van der Waals surface area contributed by atoms with Gasteiger partial charge in [-0.05, 0) is 0 Å². The molecule has 0 heterocycles. The van der Waals surface area contributed by atoms with Crippen molar-refractivity contribution >= 4 is 12.3 Å². The summed E-state index contributed by atoms with van der Waals surface area (Å²) in [6.45, 7) is 0. The molecule has 0 spiro atoms. The van der Waals surface area contributed by atoms with Gasteiger partial charge in [0, 0.05) is 0 Å². The van der Waals surface area contributed by atoms with Gasteiger partial charge >= 0.3 is 35.5 Å². The van der Waals surface area contributed by atoms with Crippen molar-refractivity contribution in [1.29, 1.82) is 0 Å². The van der Waals surface area contributed by atoms with Gasteiger partial charge in [0.1, 0.15) is 18.3 Å². The van der Waals surface area contributed by atoms with Crippen molar-refractivity contribution in [2.24, 2.45) is 0 Å². The van der Waals surface area contributed by atoms with E-state index in [9.17, 15) is 9.59 Å². The van der Waals surface area contributed by atoms with E-state index in [0.717, 1.165) is 0 Å². The first-order valence-corrected chi connectivity index (χ1v) is 3.32. The summed E-state index contributed by atoms with van der Waals surface area (Å²) in [5.41, 5.74) is 0. The predicted molar refractivity (Wildman–Crippen MR) is 38.8 cm³/mol. The second kappa shape index (κ2) is 7.30. The molecule has 0 rings (SSSR count).